The third kappa shape index (κ3) is 2.97. The Labute approximate surface area is 111 Å². The predicted molar refractivity (Wildman–Crippen MR) is 74.6 cm³/mol. The van der Waals surface area contributed by atoms with Crippen molar-refractivity contribution in [1.29, 1.82) is 0 Å². The van der Waals surface area contributed by atoms with Crippen LogP contribution in [0.1, 0.15) is 26.3 Å². The maximum Gasteiger partial charge on any atom is 0.237 e. The van der Waals surface area contributed by atoms with E-state index in [-0.39, 0.29) is 16.2 Å². The number of sulfonamides is 1. The molecule has 1 aromatic rings. The smallest absolute Gasteiger partial charge is 0.237 e. The molecule has 0 saturated carbocycles. The van der Waals surface area contributed by atoms with Gasteiger partial charge in [-0.15, -0.1) is 0 Å². The zero-order chi connectivity index (χ0) is 14.1. The highest BCUT2D eigenvalue weighted by atomic mass is 32.2. The largest absolute Gasteiger partial charge is 0.389 e. The van der Waals surface area contributed by atoms with Gasteiger partial charge in [0.25, 0.3) is 0 Å². The first-order valence-corrected chi connectivity index (χ1v) is 7.06. The fourth-order valence-corrected chi connectivity index (χ4v) is 2.13. The molecule has 0 saturated heterocycles. The highest BCUT2D eigenvalue weighted by Crippen LogP contribution is 2.24. The summed E-state index contributed by atoms with van der Waals surface area (Å²) in [5, 5.41) is 0. The van der Waals surface area contributed by atoms with E-state index in [0.29, 0.717) is 0 Å². The molecule has 1 rings (SSSR count). The molecule has 3 N–H and O–H groups in total. The van der Waals surface area contributed by atoms with Gasteiger partial charge in [0, 0.05) is 0 Å². The molecule has 0 aliphatic heterocycles. The van der Waals surface area contributed by atoms with Crippen LogP contribution in [0.4, 0.5) is 10.1 Å². The Hall–Kier alpha value is -1.21. The molecule has 0 aliphatic rings. The molecule has 4 nitrogen and oxygen atoms in total. The fraction of sp³-hybridized carbons (Fsp3) is 0.364. The predicted octanol–water partition coefficient (Wildman–Crippen LogP) is 2.00. The van der Waals surface area contributed by atoms with Gasteiger partial charge < -0.3 is 5.73 Å². The van der Waals surface area contributed by atoms with Gasteiger partial charge in [0.1, 0.15) is 10.8 Å². The Morgan fingerprint density at radius 3 is 2.39 bits per heavy atom. The van der Waals surface area contributed by atoms with Gasteiger partial charge in [-0.3, -0.25) is 4.72 Å². The molecule has 0 bridgehead atoms. The molecule has 0 unspecified atom stereocenters. The average Bonchev–Trinajstić information content (AvgIpc) is 2.14. The number of anilines is 1. The summed E-state index contributed by atoms with van der Waals surface area (Å²) in [5.74, 6) is -0.656. The van der Waals surface area contributed by atoms with Crippen LogP contribution < -0.4 is 10.5 Å². The summed E-state index contributed by atoms with van der Waals surface area (Å²) < 4.78 is 38.8. The van der Waals surface area contributed by atoms with Gasteiger partial charge in [0.15, 0.2) is 0 Å². The first-order valence-electron chi connectivity index (χ1n) is 5.17. The summed E-state index contributed by atoms with van der Waals surface area (Å²) in [6.45, 7) is 4.61. The lowest BCUT2D eigenvalue weighted by Crippen LogP contribution is -2.34. The van der Waals surface area contributed by atoms with E-state index in [1.165, 1.54) is 39.0 Å². The van der Waals surface area contributed by atoms with Crippen molar-refractivity contribution in [2.75, 3.05) is 4.72 Å². The van der Waals surface area contributed by atoms with Gasteiger partial charge in [-0.05, 0) is 32.9 Å². The summed E-state index contributed by atoms with van der Waals surface area (Å²) in [6, 6.07) is 3.97. The van der Waals surface area contributed by atoms with Crippen LogP contribution in [0.3, 0.4) is 0 Å². The number of nitrogens with two attached hydrogens (primary N) is 1. The molecule has 0 aromatic heterocycles. The molecule has 1 aromatic carbocycles. The topological polar surface area (TPSA) is 72.2 Å². The van der Waals surface area contributed by atoms with Crippen LogP contribution in [0, 0.1) is 5.82 Å². The zero-order valence-corrected chi connectivity index (χ0v) is 12.0. The third-order valence-electron chi connectivity index (χ3n) is 2.31. The Morgan fingerprint density at radius 1 is 1.39 bits per heavy atom. The second kappa shape index (κ2) is 4.81. The van der Waals surface area contributed by atoms with E-state index in [0.717, 1.165) is 0 Å². The Morgan fingerprint density at radius 2 is 1.94 bits per heavy atom. The molecule has 0 amide bonds. The van der Waals surface area contributed by atoms with Crippen molar-refractivity contribution in [1.82, 2.24) is 0 Å². The maximum absolute atomic E-state index is 13.6. The van der Waals surface area contributed by atoms with E-state index in [9.17, 15) is 12.8 Å². The highest BCUT2D eigenvalue weighted by Gasteiger charge is 2.30. The lowest BCUT2D eigenvalue weighted by Gasteiger charge is -2.21. The van der Waals surface area contributed by atoms with Crippen molar-refractivity contribution < 1.29 is 12.8 Å². The van der Waals surface area contributed by atoms with E-state index in [1.54, 1.807) is 0 Å². The van der Waals surface area contributed by atoms with Crippen LogP contribution in [0.25, 0.3) is 0 Å². The van der Waals surface area contributed by atoms with Crippen LogP contribution >= 0.6 is 12.2 Å². The zero-order valence-electron chi connectivity index (χ0n) is 10.3. The Kier molecular flexibility index (Phi) is 3.97. The van der Waals surface area contributed by atoms with Gasteiger partial charge in [-0.2, -0.15) is 0 Å². The summed E-state index contributed by atoms with van der Waals surface area (Å²) in [6.07, 6.45) is 0. The van der Waals surface area contributed by atoms with Gasteiger partial charge in [-0.25, -0.2) is 12.8 Å². The number of hydrogen-bond donors (Lipinski definition) is 2. The molecule has 0 atom stereocenters. The number of hydrogen-bond acceptors (Lipinski definition) is 3. The Bertz CT molecular complexity index is 577. The molecule has 0 fully saturated rings. The van der Waals surface area contributed by atoms with Crippen LogP contribution in [0.2, 0.25) is 0 Å². The van der Waals surface area contributed by atoms with Crippen LogP contribution in [0.15, 0.2) is 18.2 Å². The normalized spacial score (nSPS) is 12.2. The molecule has 0 spiro atoms. The number of thiocarbonyl (C=S) groups is 1. The molecule has 18 heavy (non-hydrogen) atoms. The maximum atomic E-state index is 13.6. The van der Waals surface area contributed by atoms with E-state index in [1.807, 2.05) is 0 Å². The second-order valence-corrected chi connectivity index (χ2v) is 7.62. The van der Waals surface area contributed by atoms with Gasteiger partial charge in [0.05, 0.1) is 16.0 Å². The van der Waals surface area contributed by atoms with Crippen molar-refractivity contribution in [2.45, 2.75) is 25.5 Å². The van der Waals surface area contributed by atoms with Gasteiger partial charge >= 0.3 is 0 Å². The van der Waals surface area contributed by atoms with E-state index < -0.39 is 20.6 Å². The average molecular weight is 290 g/mol. The van der Waals surface area contributed by atoms with Crippen LogP contribution in [-0.4, -0.2) is 18.2 Å². The SMILES string of the molecule is CC(C)(C)S(=O)(=O)Nc1cccc(F)c1C(N)=S. The fourth-order valence-electron chi connectivity index (χ4n) is 1.16. The number of benzene rings is 1. The summed E-state index contributed by atoms with van der Waals surface area (Å²) in [7, 11) is -3.66. The molecular formula is C11H15FN2O2S2. The summed E-state index contributed by atoms with van der Waals surface area (Å²) >= 11 is 4.72. The van der Waals surface area contributed by atoms with Crippen LogP contribution in [0.5, 0.6) is 0 Å². The second-order valence-electron chi connectivity index (χ2n) is 4.74. The number of nitrogens with one attached hydrogen (secondary N) is 1. The number of rotatable bonds is 3. The molecule has 0 heterocycles. The lowest BCUT2D eigenvalue weighted by atomic mass is 10.2. The van der Waals surface area contributed by atoms with Crippen molar-refractivity contribution in [2.24, 2.45) is 5.73 Å². The molecule has 100 valence electrons. The molecule has 0 aliphatic carbocycles. The lowest BCUT2D eigenvalue weighted by molar-refractivity contribution is 0.566. The summed E-state index contributed by atoms with van der Waals surface area (Å²) in [4.78, 5) is -0.195. The first-order chi connectivity index (χ1) is 8.06. The van der Waals surface area contributed by atoms with Crippen molar-refractivity contribution in [3.05, 3.63) is 29.6 Å². The number of halogens is 1. The molecule has 7 heteroatoms. The monoisotopic (exact) mass is 290 g/mol. The van der Waals surface area contributed by atoms with Crippen molar-refractivity contribution >= 4 is 32.9 Å². The minimum absolute atomic E-state index is 0.0532. The quantitative estimate of drug-likeness (QED) is 0.835. The van der Waals surface area contributed by atoms with Gasteiger partial charge in [0.2, 0.25) is 10.0 Å². The standard InChI is InChI=1S/C11H15FN2O2S2/c1-11(2,3)18(15,16)14-8-6-4-5-7(12)9(8)10(13)17/h4-6,14H,1-3H3,(H2,13,17). The minimum atomic E-state index is -3.66. The summed E-state index contributed by atoms with van der Waals surface area (Å²) in [5.41, 5.74) is 5.36. The minimum Gasteiger partial charge on any atom is -0.389 e. The molecular weight excluding hydrogens is 275 g/mol. The molecule has 0 radical (unpaired) electrons. The third-order valence-corrected chi connectivity index (χ3v) is 4.62. The van der Waals surface area contributed by atoms with E-state index in [4.69, 9.17) is 18.0 Å². The van der Waals surface area contributed by atoms with Crippen molar-refractivity contribution in [3.8, 4) is 0 Å². The van der Waals surface area contributed by atoms with Crippen molar-refractivity contribution in [3.63, 3.8) is 0 Å². The van der Waals surface area contributed by atoms with E-state index in [2.05, 4.69) is 4.72 Å². The van der Waals surface area contributed by atoms with E-state index >= 15 is 0 Å². The first kappa shape index (κ1) is 14.8. The van der Waals surface area contributed by atoms with Gasteiger partial charge in [-0.1, -0.05) is 18.3 Å². The van der Waals surface area contributed by atoms with Crippen LogP contribution in [-0.2, 0) is 10.0 Å². The Balaban J connectivity index is 3.30. The highest BCUT2D eigenvalue weighted by molar-refractivity contribution is 7.94.